The topological polar surface area (TPSA) is 41.6 Å². The molecular weight excluding hydrogens is 411 g/mol. The van der Waals surface area contributed by atoms with Crippen LogP contribution in [0, 0.1) is 11.6 Å². The van der Waals surface area contributed by atoms with Crippen LogP contribution in [0.3, 0.4) is 0 Å². The summed E-state index contributed by atoms with van der Waals surface area (Å²) in [4.78, 5) is 6.57. The molecule has 3 rings (SSSR count). The highest BCUT2D eigenvalue weighted by atomic mass is 127. The zero-order valence-corrected chi connectivity index (χ0v) is 15.6. The fraction of sp³-hybridized carbons (Fsp3) is 0.588. The first-order chi connectivity index (χ1) is 10.6. The van der Waals surface area contributed by atoms with Crippen LogP contribution in [0.5, 0.6) is 0 Å². The third-order valence-corrected chi connectivity index (χ3v) is 4.82. The molecule has 1 aromatic rings. The third-order valence-electron chi connectivity index (χ3n) is 4.82. The molecule has 1 aromatic carbocycles. The summed E-state index contributed by atoms with van der Waals surface area (Å²) < 4.78 is 28.0. The van der Waals surface area contributed by atoms with Gasteiger partial charge in [0.1, 0.15) is 11.6 Å². The molecule has 0 bridgehead atoms. The van der Waals surface area contributed by atoms with Crippen molar-refractivity contribution in [3.63, 3.8) is 0 Å². The highest BCUT2D eigenvalue weighted by molar-refractivity contribution is 14.0. The zero-order chi connectivity index (χ0) is 15.6. The van der Waals surface area contributed by atoms with E-state index in [1.165, 1.54) is 31.0 Å². The van der Waals surface area contributed by atoms with Gasteiger partial charge >= 0.3 is 0 Å². The van der Waals surface area contributed by atoms with Gasteiger partial charge in [-0.15, -0.1) is 24.0 Å². The van der Waals surface area contributed by atoms with Gasteiger partial charge in [-0.2, -0.15) is 0 Å². The Balaban J connectivity index is 0.00000192. The molecule has 0 spiro atoms. The lowest BCUT2D eigenvalue weighted by Crippen LogP contribution is -2.38. The molecule has 1 saturated carbocycles. The van der Waals surface area contributed by atoms with E-state index in [-0.39, 0.29) is 29.5 Å². The summed E-state index contributed by atoms with van der Waals surface area (Å²) in [6.07, 6.45) is 6.25. The van der Waals surface area contributed by atoms with Gasteiger partial charge in [0.25, 0.3) is 0 Å². The van der Waals surface area contributed by atoms with E-state index in [9.17, 15) is 8.78 Å². The van der Waals surface area contributed by atoms with Crippen molar-refractivity contribution in [2.75, 3.05) is 19.6 Å². The van der Waals surface area contributed by atoms with Crippen molar-refractivity contribution in [3.05, 3.63) is 35.4 Å². The molecule has 2 fully saturated rings. The van der Waals surface area contributed by atoms with Crippen molar-refractivity contribution >= 4 is 29.9 Å². The standard InChI is InChI=1S/C17H23F2N3.HI/c18-13-6-5-7-14(19)15(13)17(8-9-17)12-21-16(20)22-10-3-1-2-4-11-22;/h5-7H,1-4,8-12H2,(H2,20,21);1H. The second kappa shape index (κ2) is 7.77. The monoisotopic (exact) mass is 435 g/mol. The summed E-state index contributed by atoms with van der Waals surface area (Å²) in [5.74, 6) is -0.424. The Morgan fingerprint density at radius 1 is 1.09 bits per heavy atom. The van der Waals surface area contributed by atoms with E-state index < -0.39 is 17.0 Å². The Morgan fingerprint density at radius 2 is 1.65 bits per heavy atom. The molecule has 0 amide bonds. The third kappa shape index (κ3) is 4.14. The summed E-state index contributed by atoms with van der Waals surface area (Å²) in [7, 11) is 0. The van der Waals surface area contributed by atoms with Gasteiger partial charge < -0.3 is 10.6 Å². The van der Waals surface area contributed by atoms with Crippen molar-refractivity contribution in [3.8, 4) is 0 Å². The lowest BCUT2D eigenvalue weighted by atomic mass is 9.95. The van der Waals surface area contributed by atoms with Gasteiger partial charge in [0.15, 0.2) is 5.96 Å². The molecule has 2 N–H and O–H groups in total. The second-order valence-corrected chi connectivity index (χ2v) is 6.45. The maximum atomic E-state index is 14.0. The minimum atomic E-state index is -0.494. The molecule has 0 aromatic heterocycles. The fourth-order valence-corrected chi connectivity index (χ4v) is 3.27. The molecule has 0 unspecified atom stereocenters. The summed E-state index contributed by atoms with van der Waals surface area (Å²) >= 11 is 0. The van der Waals surface area contributed by atoms with Crippen LogP contribution < -0.4 is 5.73 Å². The number of nitrogens with two attached hydrogens (primary N) is 1. The number of halogens is 3. The first-order valence-electron chi connectivity index (χ1n) is 8.12. The number of benzene rings is 1. The van der Waals surface area contributed by atoms with Crippen LogP contribution in [0.15, 0.2) is 23.2 Å². The molecule has 0 atom stereocenters. The van der Waals surface area contributed by atoms with Crippen molar-refractivity contribution < 1.29 is 8.78 Å². The van der Waals surface area contributed by atoms with Crippen molar-refractivity contribution in [2.45, 2.75) is 43.9 Å². The molecule has 1 saturated heterocycles. The molecule has 23 heavy (non-hydrogen) atoms. The predicted molar refractivity (Wildman–Crippen MR) is 99.2 cm³/mol. The maximum absolute atomic E-state index is 14.0. The molecular formula is C17H24F2IN3. The minimum Gasteiger partial charge on any atom is -0.370 e. The van der Waals surface area contributed by atoms with E-state index in [2.05, 4.69) is 9.89 Å². The van der Waals surface area contributed by atoms with Gasteiger partial charge in [-0.05, 0) is 37.8 Å². The van der Waals surface area contributed by atoms with E-state index in [4.69, 9.17) is 5.73 Å². The van der Waals surface area contributed by atoms with Crippen LogP contribution in [0.2, 0.25) is 0 Å². The van der Waals surface area contributed by atoms with E-state index in [0.717, 1.165) is 38.8 Å². The van der Waals surface area contributed by atoms with Gasteiger partial charge in [-0.25, -0.2) is 8.78 Å². The number of hydrogen-bond acceptors (Lipinski definition) is 1. The largest absolute Gasteiger partial charge is 0.370 e. The smallest absolute Gasteiger partial charge is 0.191 e. The number of aliphatic imine (C=N–C) groups is 1. The maximum Gasteiger partial charge on any atom is 0.191 e. The highest BCUT2D eigenvalue weighted by Crippen LogP contribution is 2.50. The Kier molecular flexibility index (Phi) is 6.22. The van der Waals surface area contributed by atoms with Gasteiger partial charge in [0, 0.05) is 24.1 Å². The number of hydrogen-bond donors (Lipinski definition) is 1. The number of nitrogens with zero attached hydrogens (tertiary/aromatic N) is 2. The van der Waals surface area contributed by atoms with Gasteiger partial charge in [-0.3, -0.25) is 4.99 Å². The average molecular weight is 435 g/mol. The molecule has 1 aliphatic carbocycles. The van der Waals surface area contributed by atoms with Crippen LogP contribution in [-0.4, -0.2) is 30.5 Å². The molecule has 3 nitrogen and oxygen atoms in total. The normalized spacial score (nSPS) is 20.6. The Bertz CT molecular complexity index is 545. The fourth-order valence-electron chi connectivity index (χ4n) is 3.27. The second-order valence-electron chi connectivity index (χ2n) is 6.45. The zero-order valence-electron chi connectivity index (χ0n) is 13.2. The lowest BCUT2D eigenvalue weighted by Gasteiger charge is -2.22. The van der Waals surface area contributed by atoms with Crippen LogP contribution in [0.25, 0.3) is 0 Å². The highest BCUT2D eigenvalue weighted by Gasteiger charge is 2.47. The lowest BCUT2D eigenvalue weighted by molar-refractivity contribution is 0.426. The van der Waals surface area contributed by atoms with Crippen LogP contribution >= 0.6 is 24.0 Å². The number of guanidine groups is 1. The first-order valence-corrected chi connectivity index (χ1v) is 8.12. The van der Waals surface area contributed by atoms with Crippen molar-refractivity contribution in [2.24, 2.45) is 10.7 Å². The summed E-state index contributed by atoms with van der Waals surface area (Å²) in [5.41, 5.74) is 5.78. The molecule has 2 aliphatic rings. The summed E-state index contributed by atoms with van der Waals surface area (Å²) in [6.45, 7) is 2.22. The van der Waals surface area contributed by atoms with Crippen LogP contribution in [-0.2, 0) is 5.41 Å². The quantitative estimate of drug-likeness (QED) is 0.446. The molecule has 0 radical (unpaired) electrons. The van der Waals surface area contributed by atoms with Crippen molar-refractivity contribution in [1.29, 1.82) is 0 Å². The van der Waals surface area contributed by atoms with Gasteiger partial charge in [-0.1, -0.05) is 18.9 Å². The van der Waals surface area contributed by atoms with Crippen molar-refractivity contribution in [1.82, 2.24) is 4.90 Å². The van der Waals surface area contributed by atoms with E-state index in [1.54, 1.807) is 0 Å². The molecule has 1 aliphatic heterocycles. The SMILES string of the molecule is I.NC(=NCC1(c2c(F)cccc2F)CC1)N1CCCCCC1. The summed E-state index contributed by atoms with van der Waals surface area (Å²) in [6, 6.07) is 4.04. The minimum absolute atomic E-state index is 0. The Morgan fingerprint density at radius 3 is 2.17 bits per heavy atom. The molecule has 6 heteroatoms. The average Bonchev–Trinajstić information content (AvgIpc) is 3.29. The first kappa shape index (κ1) is 18.4. The van der Waals surface area contributed by atoms with Gasteiger partial charge in [0.05, 0.1) is 6.54 Å². The predicted octanol–water partition coefficient (Wildman–Crippen LogP) is 3.81. The van der Waals surface area contributed by atoms with E-state index >= 15 is 0 Å². The summed E-state index contributed by atoms with van der Waals surface area (Å²) in [5, 5.41) is 0. The van der Waals surface area contributed by atoms with Crippen LogP contribution in [0.1, 0.15) is 44.1 Å². The Labute approximate surface area is 153 Å². The number of likely N-dealkylation sites (tertiary alicyclic amines) is 1. The molecule has 1 heterocycles. The van der Waals surface area contributed by atoms with E-state index in [0.29, 0.717) is 12.5 Å². The molecule has 128 valence electrons. The number of rotatable bonds is 3. The van der Waals surface area contributed by atoms with Gasteiger partial charge in [0.2, 0.25) is 0 Å². The van der Waals surface area contributed by atoms with Crippen LogP contribution in [0.4, 0.5) is 8.78 Å². The van der Waals surface area contributed by atoms with E-state index in [1.807, 2.05) is 0 Å². The Hall–Kier alpha value is -0.920.